The summed E-state index contributed by atoms with van der Waals surface area (Å²) in [5, 5.41) is 16.5. The third kappa shape index (κ3) is 8.14. The fourth-order valence-electron chi connectivity index (χ4n) is 5.04. The number of alkyl halides is 3. The topological polar surface area (TPSA) is 105 Å². The molecule has 0 atom stereocenters. The number of hydrogen-bond acceptors (Lipinski definition) is 7. The number of halogens is 3. The number of benzene rings is 2. The summed E-state index contributed by atoms with van der Waals surface area (Å²) in [7, 11) is -2.45. The molecule has 43 heavy (non-hydrogen) atoms. The van der Waals surface area contributed by atoms with Crippen molar-refractivity contribution in [3.05, 3.63) is 48.2 Å². The van der Waals surface area contributed by atoms with Gasteiger partial charge in [0.05, 0.1) is 42.1 Å². The molecule has 13 heteroatoms. The normalized spacial score (nSPS) is 14.5. The number of anilines is 2. The van der Waals surface area contributed by atoms with Crippen LogP contribution in [-0.2, 0) is 21.3 Å². The van der Waals surface area contributed by atoms with Gasteiger partial charge in [0.2, 0.25) is 10.0 Å². The maximum absolute atomic E-state index is 13.6. The van der Waals surface area contributed by atoms with Gasteiger partial charge in [-0.2, -0.15) is 17.5 Å². The first-order chi connectivity index (χ1) is 20.6. The van der Waals surface area contributed by atoms with E-state index in [0.717, 1.165) is 18.5 Å². The van der Waals surface area contributed by atoms with Crippen LogP contribution in [0.15, 0.2) is 47.4 Å². The van der Waals surface area contributed by atoms with Crippen LogP contribution in [0.5, 0.6) is 5.75 Å². The van der Waals surface area contributed by atoms with Crippen LogP contribution in [0, 0.1) is 11.8 Å². The van der Waals surface area contributed by atoms with Gasteiger partial charge in [0.1, 0.15) is 12.3 Å². The predicted molar refractivity (Wildman–Crippen MR) is 160 cm³/mol. The van der Waals surface area contributed by atoms with Gasteiger partial charge in [-0.3, -0.25) is 0 Å². The molecule has 2 aromatic carbocycles. The second-order valence-electron chi connectivity index (χ2n) is 10.1. The SMILES string of the molecule is CCCN(CCO)S(=O)(=O)c1ccc(NCC#Cc2cc3c(NC4CCOCC4)cccc3n2CC(F)(F)F)c(OC)c1. The van der Waals surface area contributed by atoms with Crippen LogP contribution in [-0.4, -0.2) is 81.2 Å². The highest BCUT2D eigenvalue weighted by molar-refractivity contribution is 7.89. The molecule has 3 N–H and O–H groups in total. The number of nitrogens with zero attached hydrogens (tertiary/aromatic N) is 2. The van der Waals surface area contributed by atoms with Gasteiger partial charge in [-0.25, -0.2) is 8.42 Å². The lowest BCUT2D eigenvalue weighted by molar-refractivity contribution is -0.140. The van der Waals surface area contributed by atoms with Crippen molar-refractivity contribution in [1.29, 1.82) is 0 Å². The number of hydrogen-bond donors (Lipinski definition) is 3. The predicted octanol–water partition coefficient (Wildman–Crippen LogP) is 4.66. The highest BCUT2D eigenvalue weighted by Crippen LogP contribution is 2.32. The second-order valence-corrected chi connectivity index (χ2v) is 12.1. The molecular weight excluding hydrogens is 585 g/mol. The molecule has 1 fully saturated rings. The second kappa shape index (κ2) is 14.4. The van der Waals surface area contributed by atoms with Crippen LogP contribution in [0.3, 0.4) is 0 Å². The molecule has 234 valence electrons. The Balaban J connectivity index is 1.56. The van der Waals surface area contributed by atoms with E-state index in [1.54, 1.807) is 24.3 Å². The summed E-state index contributed by atoms with van der Waals surface area (Å²) in [6.45, 7) is 1.95. The molecule has 4 rings (SSSR count). The summed E-state index contributed by atoms with van der Waals surface area (Å²) in [6.07, 6.45) is -2.23. The smallest absolute Gasteiger partial charge is 0.406 e. The summed E-state index contributed by atoms with van der Waals surface area (Å²) in [5.74, 6) is 6.03. The zero-order chi connectivity index (χ0) is 31.0. The molecule has 0 aliphatic carbocycles. The molecule has 0 spiro atoms. The van der Waals surface area contributed by atoms with Crippen molar-refractivity contribution < 1.29 is 36.2 Å². The fourth-order valence-corrected chi connectivity index (χ4v) is 6.58. The highest BCUT2D eigenvalue weighted by atomic mass is 32.2. The zero-order valence-electron chi connectivity index (χ0n) is 24.2. The molecule has 0 saturated carbocycles. The molecule has 1 aliphatic heterocycles. The first-order valence-electron chi connectivity index (χ1n) is 14.1. The zero-order valence-corrected chi connectivity index (χ0v) is 25.0. The van der Waals surface area contributed by atoms with E-state index in [-0.39, 0.29) is 48.6 Å². The van der Waals surface area contributed by atoms with Crippen LogP contribution >= 0.6 is 0 Å². The Morgan fingerprint density at radius 1 is 1.14 bits per heavy atom. The Labute approximate surface area is 250 Å². The van der Waals surface area contributed by atoms with E-state index in [1.807, 2.05) is 13.0 Å². The molecule has 1 aliphatic rings. The van der Waals surface area contributed by atoms with Crippen molar-refractivity contribution in [3.63, 3.8) is 0 Å². The maximum Gasteiger partial charge on any atom is 0.406 e. The van der Waals surface area contributed by atoms with Crippen LogP contribution < -0.4 is 15.4 Å². The molecule has 3 aromatic rings. The van der Waals surface area contributed by atoms with Crippen molar-refractivity contribution in [2.45, 2.75) is 49.8 Å². The average molecular weight is 623 g/mol. The van der Waals surface area contributed by atoms with Gasteiger partial charge in [-0.05, 0) is 55.5 Å². The molecule has 0 unspecified atom stereocenters. The standard InChI is InChI=1S/C30H37F3N4O5S/c1-3-14-36(15-16-38)43(39,40)24-9-10-27(29(20-24)41-2)34-13-5-6-23-19-25-26(35-22-11-17-42-18-12-22)7-4-8-28(25)37(23)21-30(31,32)33/h4,7-10,19-20,22,34-35,38H,3,11-18,21H2,1-2H3. The Morgan fingerprint density at radius 2 is 1.91 bits per heavy atom. The Bertz CT molecular complexity index is 1550. The lowest BCUT2D eigenvalue weighted by Gasteiger charge is -2.24. The first-order valence-corrected chi connectivity index (χ1v) is 15.6. The Morgan fingerprint density at radius 3 is 2.58 bits per heavy atom. The lowest BCUT2D eigenvalue weighted by atomic mass is 10.1. The number of methoxy groups -OCH3 is 1. The molecule has 1 saturated heterocycles. The van der Waals surface area contributed by atoms with Crippen LogP contribution in [0.4, 0.5) is 24.5 Å². The first kappa shape index (κ1) is 32.5. The van der Waals surface area contributed by atoms with Gasteiger partial charge in [-0.1, -0.05) is 18.9 Å². The Hall–Kier alpha value is -3.44. The van der Waals surface area contributed by atoms with Crippen LogP contribution in [0.2, 0.25) is 0 Å². The summed E-state index contributed by atoms with van der Waals surface area (Å²) < 4.78 is 80.0. The van der Waals surface area contributed by atoms with Crippen molar-refractivity contribution in [3.8, 4) is 17.6 Å². The van der Waals surface area contributed by atoms with Crippen LogP contribution in [0.1, 0.15) is 31.9 Å². The van der Waals surface area contributed by atoms with Crippen LogP contribution in [0.25, 0.3) is 10.9 Å². The summed E-state index contributed by atoms with van der Waals surface area (Å²) >= 11 is 0. The summed E-state index contributed by atoms with van der Waals surface area (Å²) in [5.41, 5.74) is 1.88. The van der Waals surface area contributed by atoms with Gasteiger partial charge >= 0.3 is 6.18 Å². The molecule has 0 bridgehead atoms. The number of ether oxygens (including phenoxy) is 2. The molecule has 9 nitrogen and oxygen atoms in total. The molecular formula is C30H37F3N4O5S. The van der Waals surface area contributed by atoms with Crippen molar-refractivity contribution >= 4 is 32.3 Å². The van der Waals surface area contributed by atoms with Crippen molar-refractivity contribution in [2.75, 3.05) is 57.2 Å². The molecule has 2 heterocycles. The fraction of sp³-hybridized carbons (Fsp3) is 0.467. The number of rotatable bonds is 12. The lowest BCUT2D eigenvalue weighted by Crippen LogP contribution is -2.34. The monoisotopic (exact) mass is 622 g/mol. The quantitative estimate of drug-likeness (QED) is 0.253. The van der Waals surface area contributed by atoms with E-state index >= 15 is 0 Å². The number of aliphatic hydroxyl groups excluding tert-OH is 1. The van der Waals surface area contributed by atoms with Gasteiger partial charge in [0.25, 0.3) is 0 Å². The molecule has 1 aromatic heterocycles. The number of sulfonamides is 1. The number of fused-ring (bicyclic) bond motifs is 1. The average Bonchev–Trinajstić information content (AvgIpc) is 3.32. The Kier molecular flexibility index (Phi) is 10.8. The minimum Gasteiger partial charge on any atom is -0.495 e. The minimum absolute atomic E-state index is 0.0183. The van der Waals surface area contributed by atoms with E-state index in [1.165, 1.54) is 28.1 Å². The van der Waals surface area contributed by atoms with E-state index in [9.17, 15) is 26.7 Å². The number of aromatic nitrogens is 1. The van der Waals surface area contributed by atoms with E-state index < -0.39 is 22.7 Å². The molecule has 0 amide bonds. The maximum atomic E-state index is 13.6. The summed E-state index contributed by atoms with van der Waals surface area (Å²) in [6, 6.07) is 11.5. The van der Waals surface area contributed by atoms with E-state index in [0.29, 0.717) is 36.2 Å². The third-order valence-electron chi connectivity index (χ3n) is 7.08. The third-order valence-corrected chi connectivity index (χ3v) is 8.98. The molecule has 0 radical (unpaired) electrons. The number of aliphatic hydroxyl groups is 1. The van der Waals surface area contributed by atoms with Gasteiger partial charge in [0, 0.05) is 49.5 Å². The highest BCUT2D eigenvalue weighted by Gasteiger charge is 2.30. The van der Waals surface area contributed by atoms with E-state index in [4.69, 9.17) is 9.47 Å². The largest absolute Gasteiger partial charge is 0.495 e. The van der Waals surface area contributed by atoms with Crippen molar-refractivity contribution in [2.24, 2.45) is 0 Å². The number of nitrogens with one attached hydrogen (secondary N) is 2. The van der Waals surface area contributed by atoms with Crippen molar-refractivity contribution in [1.82, 2.24) is 8.87 Å². The van der Waals surface area contributed by atoms with Gasteiger partial charge in [0.15, 0.2) is 0 Å². The van der Waals surface area contributed by atoms with E-state index in [2.05, 4.69) is 22.5 Å². The van der Waals surface area contributed by atoms with Gasteiger partial charge in [-0.15, -0.1) is 0 Å². The summed E-state index contributed by atoms with van der Waals surface area (Å²) in [4.78, 5) is 0.0183. The van der Waals surface area contributed by atoms with Gasteiger partial charge < -0.3 is 29.8 Å². The minimum atomic E-state index is -4.44.